The third kappa shape index (κ3) is 5.05. The quantitative estimate of drug-likeness (QED) is 0.576. The maximum atomic E-state index is 13.0. The molecule has 0 aliphatic carbocycles. The molecule has 2 aromatic heterocycles. The Balaban J connectivity index is 1.46. The maximum absolute atomic E-state index is 13.0. The Morgan fingerprint density at radius 1 is 1.24 bits per heavy atom. The Morgan fingerprint density at radius 2 is 2.00 bits per heavy atom. The maximum Gasteiger partial charge on any atom is 0.273 e. The van der Waals surface area contributed by atoms with Crippen molar-refractivity contribution in [2.75, 3.05) is 30.4 Å². The highest BCUT2D eigenvalue weighted by molar-refractivity contribution is 7.22. The molecule has 0 atom stereocenters. The van der Waals surface area contributed by atoms with Gasteiger partial charge in [-0.3, -0.25) is 19.0 Å². The number of fused-ring (bicyclic) bond motifs is 1. The van der Waals surface area contributed by atoms with E-state index in [2.05, 4.69) is 39.3 Å². The monoisotopic (exact) mass is 468 g/mol. The summed E-state index contributed by atoms with van der Waals surface area (Å²) in [4.78, 5) is 48.3. The molecule has 0 radical (unpaired) electrons. The van der Waals surface area contributed by atoms with Crippen molar-refractivity contribution < 1.29 is 9.59 Å². The van der Waals surface area contributed by atoms with Crippen LogP contribution >= 0.6 is 11.3 Å². The van der Waals surface area contributed by atoms with Gasteiger partial charge in [0, 0.05) is 31.7 Å². The molecule has 9 nitrogen and oxygen atoms in total. The lowest BCUT2D eigenvalue weighted by molar-refractivity contribution is -0.125. The zero-order chi connectivity index (χ0) is 23.5. The molecule has 4 rings (SSSR count). The van der Waals surface area contributed by atoms with Crippen molar-refractivity contribution in [2.24, 2.45) is 5.92 Å². The van der Waals surface area contributed by atoms with Crippen LogP contribution in [0.25, 0.3) is 10.3 Å². The summed E-state index contributed by atoms with van der Waals surface area (Å²) in [6.07, 6.45) is 2.85. The highest BCUT2D eigenvalue weighted by Crippen LogP contribution is 2.29. The van der Waals surface area contributed by atoms with Crippen molar-refractivity contribution in [3.63, 3.8) is 0 Å². The minimum absolute atomic E-state index is 0.00993. The van der Waals surface area contributed by atoms with E-state index in [9.17, 15) is 14.4 Å². The van der Waals surface area contributed by atoms with Crippen LogP contribution in [0, 0.1) is 5.92 Å². The lowest BCUT2D eigenvalue weighted by Gasteiger charge is -2.30. The van der Waals surface area contributed by atoms with E-state index in [-0.39, 0.29) is 29.8 Å². The highest BCUT2D eigenvalue weighted by Gasteiger charge is 2.26. The van der Waals surface area contributed by atoms with E-state index in [0.717, 1.165) is 23.5 Å². The molecule has 1 aliphatic rings. The molecule has 1 aliphatic heterocycles. The number of nitrogens with one attached hydrogen (secondary N) is 2. The lowest BCUT2D eigenvalue weighted by Crippen LogP contribution is -2.39. The second kappa shape index (κ2) is 9.70. The Bertz CT molecular complexity index is 1230. The SMILES string of the molecule is CNC(=O)C1CCN(c2nc3ncn(CC(=O)Nc4cccc(C(C)C)c4)c(=O)c3s2)CC1. The molecule has 33 heavy (non-hydrogen) atoms. The van der Waals surface area contributed by atoms with Gasteiger partial charge in [0.05, 0.1) is 0 Å². The van der Waals surface area contributed by atoms with E-state index < -0.39 is 0 Å². The number of hydrogen-bond acceptors (Lipinski definition) is 7. The molecule has 2 N–H and O–H groups in total. The predicted octanol–water partition coefficient (Wildman–Crippen LogP) is 2.58. The van der Waals surface area contributed by atoms with Crippen LogP contribution in [0.4, 0.5) is 10.8 Å². The van der Waals surface area contributed by atoms with Crippen LogP contribution in [0.1, 0.15) is 38.2 Å². The van der Waals surface area contributed by atoms with Crippen LogP contribution in [-0.4, -0.2) is 46.5 Å². The molecular weight excluding hydrogens is 440 g/mol. The van der Waals surface area contributed by atoms with Crippen molar-refractivity contribution in [3.8, 4) is 0 Å². The normalized spacial score (nSPS) is 14.6. The number of anilines is 2. The van der Waals surface area contributed by atoms with E-state index in [4.69, 9.17) is 0 Å². The van der Waals surface area contributed by atoms with Gasteiger partial charge < -0.3 is 15.5 Å². The van der Waals surface area contributed by atoms with Gasteiger partial charge in [-0.2, -0.15) is 4.98 Å². The summed E-state index contributed by atoms with van der Waals surface area (Å²) >= 11 is 1.28. The summed E-state index contributed by atoms with van der Waals surface area (Å²) < 4.78 is 1.74. The fourth-order valence-electron chi connectivity index (χ4n) is 3.95. The predicted molar refractivity (Wildman–Crippen MR) is 130 cm³/mol. The number of amides is 2. The first-order valence-corrected chi connectivity index (χ1v) is 11.9. The van der Waals surface area contributed by atoms with Gasteiger partial charge in [0.1, 0.15) is 17.6 Å². The van der Waals surface area contributed by atoms with E-state index >= 15 is 0 Å². The summed E-state index contributed by atoms with van der Waals surface area (Å²) in [5.41, 5.74) is 1.93. The minimum Gasteiger partial charge on any atom is -0.359 e. The summed E-state index contributed by atoms with van der Waals surface area (Å²) in [7, 11) is 1.65. The van der Waals surface area contributed by atoms with Crippen molar-refractivity contribution in [2.45, 2.75) is 39.2 Å². The van der Waals surface area contributed by atoms with E-state index in [0.29, 0.717) is 35.0 Å². The lowest BCUT2D eigenvalue weighted by atomic mass is 9.96. The van der Waals surface area contributed by atoms with Gasteiger partial charge in [-0.05, 0) is 36.5 Å². The van der Waals surface area contributed by atoms with Gasteiger partial charge in [0.15, 0.2) is 10.8 Å². The fraction of sp³-hybridized carbons (Fsp3) is 0.435. The largest absolute Gasteiger partial charge is 0.359 e. The average Bonchev–Trinajstić information content (AvgIpc) is 3.26. The first-order valence-electron chi connectivity index (χ1n) is 11.1. The number of piperidine rings is 1. The fourth-order valence-corrected chi connectivity index (χ4v) is 4.97. The topological polar surface area (TPSA) is 109 Å². The smallest absolute Gasteiger partial charge is 0.273 e. The zero-order valence-electron chi connectivity index (χ0n) is 19.0. The van der Waals surface area contributed by atoms with Crippen LogP contribution in [0.15, 0.2) is 35.4 Å². The van der Waals surface area contributed by atoms with Gasteiger partial charge in [-0.15, -0.1) is 0 Å². The molecule has 3 aromatic rings. The molecule has 0 saturated carbocycles. The number of rotatable bonds is 6. The molecular formula is C23H28N6O3S. The van der Waals surface area contributed by atoms with Crippen LogP contribution in [0.2, 0.25) is 0 Å². The van der Waals surface area contributed by atoms with Crippen LogP contribution in [0.5, 0.6) is 0 Å². The summed E-state index contributed by atoms with van der Waals surface area (Å²) in [5, 5.41) is 6.28. The number of carbonyl (C=O) groups is 2. The third-order valence-corrected chi connectivity index (χ3v) is 7.00. The Hall–Kier alpha value is -3.27. The minimum atomic E-state index is -0.292. The molecule has 0 unspecified atom stereocenters. The Labute approximate surface area is 195 Å². The summed E-state index contributed by atoms with van der Waals surface area (Å²) in [6, 6.07) is 7.69. The molecule has 3 heterocycles. The van der Waals surface area contributed by atoms with Crippen LogP contribution in [0.3, 0.4) is 0 Å². The average molecular weight is 469 g/mol. The molecule has 1 aromatic carbocycles. The number of hydrogen-bond donors (Lipinski definition) is 2. The van der Waals surface area contributed by atoms with Crippen molar-refractivity contribution in [1.29, 1.82) is 0 Å². The molecule has 10 heteroatoms. The van der Waals surface area contributed by atoms with Gasteiger partial charge in [-0.1, -0.05) is 37.3 Å². The molecule has 0 bridgehead atoms. The van der Waals surface area contributed by atoms with Crippen molar-refractivity contribution in [1.82, 2.24) is 19.9 Å². The molecule has 1 saturated heterocycles. The summed E-state index contributed by atoms with van der Waals surface area (Å²) in [5.74, 6) is 0.139. The van der Waals surface area contributed by atoms with E-state index in [1.807, 2.05) is 24.3 Å². The Morgan fingerprint density at radius 3 is 2.70 bits per heavy atom. The van der Waals surface area contributed by atoms with Gasteiger partial charge in [0.25, 0.3) is 5.56 Å². The first kappa shape index (κ1) is 22.9. The number of aromatic nitrogens is 3. The van der Waals surface area contributed by atoms with Crippen LogP contribution < -0.4 is 21.1 Å². The highest BCUT2D eigenvalue weighted by atomic mass is 32.1. The second-order valence-electron chi connectivity index (χ2n) is 8.53. The van der Waals surface area contributed by atoms with Gasteiger partial charge in [-0.25, -0.2) is 4.98 Å². The van der Waals surface area contributed by atoms with Crippen molar-refractivity contribution >= 4 is 44.3 Å². The third-order valence-electron chi connectivity index (χ3n) is 5.91. The zero-order valence-corrected chi connectivity index (χ0v) is 19.8. The molecule has 0 spiro atoms. The molecule has 174 valence electrons. The van der Waals surface area contributed by atoms with E-state index in [1.54, 1.807) is 7.05 Å². The number of carbonyl (C=O) groups excluding carboxylic acids is 2. The number of thiazole rings is 1. The van der Waals surface area contributed by atoms with Gasteiger partial charge in [0.2, 0.25) is 11.8 Å². The van der Waals surface area contributed by atoms with Gasteiger partial charge >= 0.3 is 0 Å². The standard InChI is InChI=1S/C23H28N6O3S/c1-14(2)16-5-4-6-17(11-16)26-18(30)12-29-13-25-20-19(22(29)32)33-23(27-20)28-9-7-15(8-10-28)21(31)24-3/h4-6,11,13-15H,7-10,12H2,1-3H3,(H,24,31)(H,26,30). The first-order chi connectivity index (χ1) is 15.9. The second-order valence-corrected chi connectivity index (χ2v) is 9.51. The number of nitrogens with zero attached hydrogens (tertiary/aromatic N) is 4. The summed E-state index contributed by atoms with van der Waals surface area (Å²) in [6.45, 7) is 5.45. The molecule has 1 fully saturated rings. The van der Waals surface area contributed by atoms with E-state index in [1.165, 1.54) is 22.2 Å². The molecule has 2 amide bonds. The van der Waals surface area contributed by atoms with Crippen LogP contribution in [-0.2, 0) is 16.1 Å². The number of benzene rings is 1. The van der Waals surface area contributed by atoms with Crippen molar-refractivity contribution in [3.05, 3.63) is 46.5 Å². The Kier molecular flexibility index (Phi) is 6.73.